The molecule has 3 heterocycles. The first-order chi connectivity index (χ1) is 12.1. The van der Waals surface area contributed by atoms with Crippen molar-refractivity contribution >= 4 is 17.6 Å². The Morgan fingerprint density at radius 2 is 1.72 bits per heavy atom. The van der Waals surface area contributed by atoms with Crippen LogP contribution in [0.15, 0.2) is 18.3 Å². The third-order valence-electron chi connectivity index (χ3n) is 4.78. The zero-order chi connectivity index (χ0) is 17.4. The lowest BCUT2D eigenvalue weighted by Gasteiger charge is -2.35. The zero-order valence-electron chi connectivity index (χ0n) is 15.2. The lowest BCUT2D eigenvalue weighted by molar-refractivity contribution is 0.631. The van der Waals surface area contributed by atoms with Gasteiger partial charge in [-0.25, -0.2) is 15.0 Å². The van der Waals surface area contributed by atoms with Crippen molar-refractivity contribution in [3.05, 3.63) is 29.8 Å². The van der Waals surface area contributed by atoms with E-state index in [1.807, 2.05) is 44.2 Å². The van der Waals surface area contributed by atoms with Crippen LogP contribution in [-0.2, 0) is 0 Å². The van der Waals surface area contributed by atoms with Gasteiger partial charge in [0.2, 0.25) is 5.95 Å². The van der Waals surface area contributed by atoms with E-state index in [1.165, 1.54) is 12.8 Å². The molecule has 2 aromatic heterocycles. The lowest BCUT2D eigenvalue weighted by Crippen LogP contribution is -2.47. The Labute approximate surface area is 148 Å². The molecule has 4 rings (SSSR count). The van der Waals surface area contributed by atoms with Gasteiger partial charge in [-0.15, -0.1) is 0 Å². The minimum Gasteiger partial charge on any atom is -0.363 e. The molecule has 7 heteroatoms. The van der Waals surface area contributed by atoms with Gasteiger partial charge in [-0.05, 0) is 25.8 Å². The van der Waals surface area contributed by atoms with Crippen LogP contribution in [-0.4, -0.2) is 60.2 Å². The number of piperazine rings is 1. The van der Waals surface area contributed by atoms with Gasteiger partial charge in [0.25, 0.3) is 0 Å². The molecule has 132 valence electrons. The van der Waals surface area contributed by atoms with Crippen LogP contribution >= 0.6 is 0 Å². The van der Waals surface area contributed by atoms with Crippen molar-refractivity contribution in [1.29, 1.82) is 0 Å². The molecular formula is C18H25N7. The normalized spacial score (nSPS) is 17.7. The maximum absolute atomic E-state index is 4.77. The van der Waals surface area contributed by atoms with Gasteiger partial charge in [0.1, 0.15) is 17.5 Å². The van der Waals surface area contributed by atoms with E-state index in [0.717, 1.165) is 55.3 Å². The number of aromatic nitrogens is 4. The minimum absolute atomic E-state index is 0.589. The molecule has 0 spiro atoms. The van der Waals surface area contributed by atoms with Crippen molar-refractivity contribution in [2.45, 2.75) is 25.7 Å². The van der Waals surface area contributed by atoms with Crippen molar-refractivity contribution in [2.75, 3.05) is 55.0 Å². The predicted molar refractivity (Wildman–Crippen MR) is 99.5 cm³/mol. The van der Waals surface area contributed by atoms with Gasteiger partial charge in [-0.3, -0.25) is 0 Å². The highest BCUT2D eigenvalue weighted by atomic mass is 15.3. The van der Waals surface area contributed by atoms with Gasteiger partial charge < -0.3 is 14.7 Å². The molecule has 1 saturated heterocycles. The topological polar surface area (TPSA) is 61.3 Å². The number of hydrogen-bond acceptors (Lipinski definition) is 7. The molecule has 2 aliphatic rings. The van der Waals surface area contributed by atoms with Crippen LogP contribution in [0.2, 0.25) is 0 Å². The van der Waals surface area contributed by atoms with Crippen LogP contribution in [0.3, 0.4) is 0 Å². The second-order valence-electron chi connectivity index (χ2n) is 7.08. The third kappa shape index (κ3) is 3.50. The van der Waals surface area contributed by atoms with Crippen LogP contribution in [0.4, 0.5) is 17.6 Å². The fourth-order valence-electron chi connectivity index (χ4n) is 3.12. The monoisotopic (exact) mass is 339 g/mol. The van der Waals surface area contributed by atoms with E-state index in [1.54, 1.807) is 0 Å². The van der Waals surface area contributed by atoms with E-state index in [-0.39, 0.29) is 0 Å². The molecule has 0 aromatic carbocycles. The number of nitrogens with zero attached hydrogens (tertiary/aromatic N) is 7. The fourth-order valence-corrected chi connectivity index (χ4v) is 3.12. The minimum atomic E-state index is 0.589. The summed E-state index contributed by atoms with van der Waals surface area (Å²) in [6, 6.07) is 4.04. The van der Waals surface area contributed by atoms with E-state index in [2.05, 4.69) is 19.8 Å². The average molecular weight is 339 g/mol. The summed E-state index contributed by atoms with van der Waals surface area (Å²) in [4.78, 5) is 25.1. The van der Waals surface area contributed by atoms with Crippen molar-refractivity contribution < 1.29 is 0 Å². The van der Waals surface area contributed by atoms with Crippen molar-refractivity contribution in [1.82, 2.24) is 19.9 Å². The summed E-state index contributed by atoms with van der Waals surface area (Å²) >= 11 is 0. The first-order valence-electron chi connectivity index (χ1n) is 8.96. The Morgan fingerprint density at radius 1 is 1.00 bits per heavy atom. The molecule has 0 atom stereocenters. The van der Waals surface area contributed by atoms with Crippen molar-refractivity contribution in [3.63, 3.8) is 0 Å². The molecule has 25 heavy (non-hydrogen) atoms. The van der Waals surface area contributed by atoms with E-state index >= 15 is 0 Å². The van der Waals surface area contributed by atoms with E-state index in [0.29, 0.717) is 5.92 Å². The molecule has 0 bridgehead atoms. The Kier molecular flexibility index (Phi) is 4.15. The summed E-state index contributed by atoms with van der Waals surface area (Å²) in [5, 5.41) is 0. The van der Waals surface area contributed by atoms with E-state index in [4.69, 9.17) is 9.97 Å². The predicted octanol–water partition coefficient (Wildman–Crippen LogP) is 1.85. The summed E-state index contributed by atoms with van der Waals surface area (Å²) < 4.78 is 0. The quantitative estimate of drug-likeness (QED) is 0.842. The van der Waals surface area contributed by atoms with Gasteiger partial charge in [0.15, 0.2) is 0 Å². The number of aryl methyl sites for hydroxylation is 1. The summed E-state index contributed by atoms with van der Waals surface area (Å²) in [6.45, 7) is 5.68. The van der Waals surface area contributed by atoms with Crippen LogP contribution in [0, 0.1) is 6.92 Å². The van der Waals surface area contributed by atoms with Gasteiger partial charge in [-0.1, -0.05) is 0 Å². The zero-order valence-corrected chi connectivity index (χ0v) is 15.2. The van der Waals surface area contributed by atoms with Crippen LogP contribution < -0.4 is 14.7 Å². The third-order valence-corrected chi connectivity index (χ3v) is 4.78. The highest BCUT2D eigenvalue weighted by Gasteiger charge is 2.27. The highest BCUT2D eigenvalue weighted by Crippen LogP contribution is 2.38. The molecule has 0 unspecified atom stereocenters. The largest absolute Gasteiger partial charge is 0.363 e. The van der Waals surface area contributed by atoms with Gasteiger partial charge in [0.05, 0.1) is 0 Å². The molecule has 0 amide bonds. The maximum Gasteiger partial charge on any atom is 0.227 e. The Hall–Kier alpha value is -2.44. The highest BCUT2D eigenvalue weighted by molar-refractivity contribution is 5.47. The molecule has 0 N–H and O–H groups in total. The number of rotatable bonds is 4. The summed E-state index contributed by atoms with van der Waals surface area (Å²) in [5.41, 5.74) is 1.00. The van der Waals surface area contributed by atoms with Crippen LogP contribution in [0.25, 0.3) is 0 Å². The fraction of sp³-hybridized carbons (Fsp3) is 0.556. The van der Waals surface area contributed by atoms with Gasteiger partial charge >= 0.3 is 0 Å². The molecule has 0 radical (unpaired) electrons. The Bertz CT molecular complexity index is 749. The molecular weight excluding hydrogens is 314 g/mol. The second-order valence-corrected chi connectivity index (χ2v) is 7.08. The van der Waals surface area contributed by atoms with Crippen LogP contribution in [0.1, 0.15) is 30.3 Å². The lowest BCUT2D eigenvalue weighted by atomic mass is 10.3. The molecule has 7 nitrogen and oxygen atoms in total. The standard InChI is InChI=1S/C18H25N7/c1-13-12-16(23(2)3)22-18(20-13)25-10-8-24(9-11-25)15-6-7-19-17(21-15)14-4-5-14/h6-7,12,14H,4-5,8-11H2,1-3H3. The smallest absolute Gasteiger partial charge is 0.227 e. The number of hydrogen-bond donors (Lipinski definition) is 0. The molecule has 2 fully saturated rings. The van der Waals surface area contributed by atoms with Gasteiger partial charge in [-0.2, -0.15) is 4.98 Å². The summed E-state index contributed by atoms with van der Waals surface area (Å²) in [7, 11) is 4.02. The van der Waals surface area contributed by atoms with E-state index < -0.39 is 0 Å². The van der Waals surface area contributed by atoms with Crippen molar-refractivity contribution in [3.8, 4) is 0 Å². The van der Waals surface area contributed by atoms with Gasteiger partial charge in [0, 0.05) is 64.1 Å². The molecule has 1 aliphatic heterocycles. The Balaban J connectivity index is 1.45. The summed E-state index contributed by atoms with van der Waals surface area (Å²) in [5.74, 6) is 4.43. The summed E-state index contributed by atoms with van der Waals surface area (Å²) in [6.07, 6.45) is 4.36. The van der Waals surface area contributed by atoms with Crippen LogP contribution in [0.5, 0.6) is 0 Å². The molecule has 2 aromatic rings. The van der Waals surface area contributed by atoms with Crippen molar-refractivity contribution in [2.24, 2.45) is 0 Å². The molecule has 1 saturated carbocycles. The Morgan fingerprint density at radius 3 is 2.40 bits per heavy atom. The van der Waals surface area contributed by atoms with E-state index in [9.17, 15) is 0 Å². The SMILES string of the molecule is Cc1cc(N(C)C)nc(N2CCN(c3ccnc(C4CC4)n3)CC2)n1. The second kappa shape index (κ2) is 6.46. The average Bonchev–Trinajstić information content (AvgIpc) is 3.47. The molecule has 1 aliphatic carbocycles. The first kappa shape index (κ1) is 16.1. The first-order valence-corrected chi connectivity index (χ1v) is 8.96. The number of anilines is 3. The maximum atomic E-state index is 4.77.